The number of likely N-dealkylation sites (N-methyl/N-ethyl adjacent to an activating group) is 1. The molecule has 11 nitrogen and oxygen atoms in total. The maximum atomic E-state index is 12.0. The number of hydrogen-bond donors (Lipinski definition) is 3. The summed E-state index contributed by atoms with van der Waals surface area (Å²) in [6.07, 6.45) is 0. The third-order valence-electron chi connectivity index (χ3n) is 6.14. The van der Waals surface area contributed by atoms with Crippen LogP contribution in [0.1, 0.15) is 27.0 Å². The summed E-state index contributed by atoms with van der Waals surface area (Å²) in [4.78, 5) is 27.5. The zero-order chi connectivity index (χ0) is 28.1. The lowest BCUT2D eigenvalue weighted by molar-refractivity contribution is 0.0998. The van der Waals surface area contributed by atoms with E-state index in [1.165, 1.54) is 18.2 Å². The van der Waals surface area contributed by atoms with Gasteiger partial charge >= 0.3 is 6.01 Å². The van der Waals surface area contributed by atoms with Crippen LogP contribution in [0.3, 0.4) is 0 Å². The largest absolute Gasteiger partial charge is 0.436 e. The fourth-order valence-corrected chi connectivity index (χ4v) is 4.10. The van der Waals surface area contributed by atoms with Crippen LogP contribution in [0.15, 0.2) is 77.8 Å². The van der Waals surface area contributed by atoms with Gasteiger partial charge in [-0.25, -0.2) is 0 Å². The molecule has 1 aliphatic rings. The highest BCUT2D eigenvalue weighted by Gasteiger charge is 2.20. The highest BCUT2D eigenvalue weighted by atomic mass is 16.5. The number of nitrogens with one attached hydrogen (secondary N) is 1. The van der Waals surface area contributed by atoms with Gasteiger partial charge in [-0.1, -0.05) is 42.5 Å². The van der Waals surface area contributed by atoms with Crippen LogP contribution >= 0.6 is 0 Å². The lowest BCUT2D eigenvalue weighted by Gasteiger charge is -2.16. The third-order valence-corrected chi connectivity index (χ3v) is 6.14. The van der Waals surface area contributed by atoms with Gasteiger partial charge in [0.15, 0.2) is 5.82 Å². The molecular formula is C29H26N8O3. The lowest BCUT2D eigenvalue weighted by atomic mass is 10.1. The number of nitrogens with two attached hydrogens (primary N) is 2. The zero-order valence-corrected chi connectivity index (χ0v) is 21.7. The predicted octanol–water partition coefficient (Wildman–Crippen LogP) is 3.92. The highest BCUT2D eigenvalue weighted by Crippen LogP contribution is 2.35. The molecule has 4 aromatic rings. The molecule has 0 saturated carbocycles. The Hall–Kier alpha value is -5.63. The SMILES string of the molecule is CN1CCN=C1c1cccc(Oc2nc(NCc3ccccc3)c(N)c(Oc3cc(C#N)ccc3C(N)=O)n2)c1. The van der Waals surface area contributed by atoms with E-state index in [-0.39, 0.29) is 40.3 Å². The maximum absolute atomic E-state index is 12.0. The van der Waals surface area contributed by atoms with Gasteiger partial charge in [0.05, 0.1) is 23.7 Å². The molecule has 0 spiro atoms. The van der Waals surface area contributed by atoms with E-state index in [1.54, 1.807) is 6.07 Å². The van der Waals surface area contributed by atoms with Gasteiger partial charge in [-0.2, -0.15) is 15.2 Å². The molecule has 3 aromatic carbocycles. The predicted molar refractivity (Wildman–Crippen MR) is 151 cm³/mol. The zero-order valence-electron chi connectivity index (χ0n) is 21.7. The van der Waals surface area contributed by atoms with E-state index in [4.69, 9.17) is 20.9 Å². The molecule has 0 aliphatic carbocycles. The number of benzene rings is 3. The number of rotatable bonds is 9. The molecule has 5 rings (SSSR count). The number of aromatic nitrogens is 2. The maximum Gasteiger partial charge on any atom is 0.327 e. The van der Waals surface area contributed by atoms with Crippen molar-refractivity contribution in [3.05, 3.63) is 95.1 Å². The second kappa shape index (κ2) is 11.4. The molecule has 0 atom stereocenters. The van der Waals surface area contributed by atoms with E-state index in [0.29, 0.717) is 12.3 Å². The van der Waals surface area contributed by atoms with Crippen molar-refractivity contribution in [2.24, 2.45) is 10.7 Å². The van der Waals surface area contributed by atoms with Gasteiger partial charge in [-0.05, 0) is 35.9 Å². The van der Waals surface area contributed by atoms with Crippen LogP contribution in [0.5, 0.6) is 23.4 Å². The van der Waals surface area contributed by atoms with Crippen molar-refractivity contribution in [2.45, 2.75) is 6.54 Å². The van der Waals surface area contributed by atoms with Crippen LogP contribution in [0.4, 0.5) is 11.5 Å². The molecule has 200 valence electrons. The van der Waals surface area contributed by atoms with Crippen molar-refractivity contribution in [1.29, 1.82) is 5.26 Å². The fourth-order valence-electron chi connectivity index (χ4n) is 4.10. The number of carbonyl (C=O) groups is 1. The molecule has 1 amide bonds. The summed E-state index contributed by atoms with van der Waals surface area (Å²) >= 11 is 0. The Balaban J connectivity index is 1.51. The molecule has 0 radical (unpaired) electrons. The molecule has 0 bridgehead atoms. The number of hydrogen-bond acceptors (Lipinski definition) is 10. The Kier molecular flexibility index (Phi) is 7.41. The topological polar surface area (TPSA) is 165 Å². The summed E-state index contributed by atoms with van der Waals surface area (Å²) in [5.74, 6) is 0.832. The number of nitriles is 1. The highest BCUT2D eigenvalue weighted by molar-refractivity contribution is 6.00. The minimum atomic E-state index is -0.734. The third kappa shape index (κ3) is 5.76. The summed E-state index contributed by atoms with van der Waals surface area (Å²) < 4.78 is 12.0. The quantitative estimate of drug-likeness (QED) is 0.288. The van der Waals surface area contributed by atoms with Gasteiger partial charge in [0.2, 0.25) is 0 Å². The second-order valence-corrected chi connectivity index (χ2v) is 8.96. The van der Waals surface area contributed by atoms with Crippen molar-refractivity contribution in [1.82, 2.24) is 14.9 Å². The number of aliphatic imine (C=N–C) groups is 1. The molecule has 11 heteroatoms. The van der Waals surface area contributed by atoms with Crippen LogP contribution in [-0.4, -0.2) is 46.7 Å². The summed E-state index contributed by atoms with van der Waals surface area (Å²) in [5, 5.41) is 12.5. The van der Waals surface area contributed by atoms with Crippen molar-refractivity contribution < 1.29 is 14.3 Å². The standard InChI is InChI=1S/C29H26N8O3/c1-37-13-12-33-27(37)20-8-5-9-21(15-20)39-29-35-26(34-17-18-6-3-2-4-7-18)24(31)28(36-29)40-23-14-19(16-30)10-11-22(23)25(32)38/h2-11,14-15H,12-13,17,31H2,1H3,(H2,32,38)(H,34,35,36). The Morgan fingerprint density at radius 2 is 1.90 bits per heavy atom. The smallest absolute Gasteiger partial charge is 0.327 e. The number of primary amides is 1. The molecule has 0 saturated heterocycles. The summed E-state index contributed by atoms with van der Waals surface area (Å²) in [6, 6.07) is 23.4. The molecule has 0 unspecified atom stereocenters. The molecule has 1 aromatic heterocycles. The average Bonchev–Trinajstić information content (AvgIpc) is 3.40. The first-order chi connectivity index (χ1) is 19.4. The van der Waals surface area contributed by atoms with Gasteiger partial charge in [0, 0.05) is 25.7 Å². The number of nitrogens with zero attached hydrogens (tertiary/aromatic N) is 5. The van der Waals surface area contributed by atoms with Crippen LogP contribution < -0.4 is 26.3 Å². The van der Waals surface area contributed by atoms with Gasteiger partial charge < -0.3 is 31.2 Å². The molecular weight excluding hydrogens is 508 g/mol. The minimum Gasteiger partial charge on any atom is -0.436 e. The van der Waals surface area contributed by atoms with Crippen LogP contribution in [-0.2, 0) is 6.54 Å². The van der Waals surface area contributed by atoms with Crippen molar-refractivity contribution in [3.63, 3.8) is 0 Å². The molecule has 0 fully saturated rings. The minimum absolute atomic E-state index is 0.0289. The van der Waals surface area contributed by atoms with Crippen LogP contribution in [0, 0.1) is 11.3 Å². The average molecular weight is 535 g/mol. The lowest BCUT2D eigenvalue weighted by Crippen LogP contribution is -2.23. The van der Waals surface area contributed by atoms with E-state index in [1.807, 2.05) is 61.6 Å². The first-order valence-corrected chi connectivity index (χ1v) is 12.4. The summed E-state index contributed by atoms with van der Waals surface area (Å²) in [7, 11) is 1.98. The van der Waals surface area contributed by atoms with Crippen LogP contribution in [0.2, 0.25) is 0 Å². The Morgan fingerprint density at radius 1 is 1.07 bits per heavy atom. The van der Waals surface area contributed by atoms with Gasteiger partial charge in [0.1, 0.15) is 23.0 Å². The number of nitrogen functional groups attached to an aromatic ring is 1. The van der Waals surface area contributed by atoms with Gasteiger partial charge in [-0.15, -0.1) is 0 Å². The number of ether oxygens (including phenoxy) is 2. The molecule has 40 heavy (non-hydrogen) atoms. The molecule has 2 heterocycles. The van der Waals surface area contributed by atoms with Crippen LogP contribution in [0.25, 0.3) is 0 Å². The van der Waals surface area contributed by atoms with Gasteiger partial charge in [0.25, 0.3) is 11.8 Å². The normalized spacial score (nSPS) is 12.4. The number of anilines is 2. The monoisotopic (exact) mass is 534 g/mol. The van der Waals surface area contributed by atoms with Crippen molar-refractivity contribution in [2.75, 3.05) is 31.2 Å². The first kappa shape index (κ1) is 26.0. The fraction of sp³-hybridized carbons (Fsp3) is 0.138. The van der Waals surface area contributed by atoms with Crippen molar-refractivity contribution in [3.8, 4) is 29.5 Å². The number of amides is 1. The van der Waals surface area contributed by atoms with E-state index < -0.39 is 5.91 Å². The van der Waals surface area contributed by atoms with Crippen molar-refractivity contribution >= 4 is 23.2 Å². The van der Waals surface area contributed by atoms with E-state index in [2.05, 4.69) is 25.2 Å². The number of amidine groups is 1. The Morgan fingerprint density at radius 3 is 2.62 bits per heavy atom. The number of carbonyl (C=O) groups excluding carboxylic acids is 1. The molecule has 5 N–H and O–H groups in total. The summed E-state index contributed by atoms with van der Waals surface area (Å²) in [6.45, 7) is 1.99. The Bertz CT molecular complexity index is 1630. The van der Waals surface area contributed by atoms with E-state index in [9.17, 15) is 10.1 Å². The summed E-state index contributed by atoms with van der Waals surface area (Å²) in [5.41, 5.74) is 14.2. The second-order valence-electron chi connectivity index (χ2n) is 8.96. The van der Waals surface area contributed by atoms with Gasteiger partial charge in [-0.3, -0.25) is 9.79 Å². The Labute approximate surface area is 230 Å². The van der Waals surface area contributed by atoms with E-state index >= 15 is 0 Å². The van der Waals surface area contributed by atoms with E-state index in [0.717, 1.165) is 30.1 Å². The molecule has 1 aliphatic heterocycles. The first-order valence-electron chi connectivity index (χ1n) is 12.4.